The van der Waals surface area contributed by atoms with Crippen LogP contribution in [0.5, 0.6) is 0 Å². The maximum absolute atomic E-state index is 13.2. The van der Waals surface area contributed by atoms with Crippen LogP contribution < -0.4 is 5.32 Å². The molecule has 0 aliphatic carbocycles. The van der Waals surface area contributed by atoms with Gasteiger partial charge in [0.2, 0.25) is 10.0 Å². The molecular formula is C26H31ClN4O5S. The standard InChI is InChI=1S/C26H31ClN4O5S/c1-3-36-25(32)23-22(29(2)26(33)28-24(23)20-12-7-8-13-21(20)27)18-30-14-9-15-31(17-16-30)37(34,35)19-10-5-4-6-11-19/h4-8,10-13,24H,3,9,14-18H2,1-2H3,(H,28,33)/t24-/m1/s1. The molecule has 0 saturated carbocycles. The van der Waals surface area contributed by atoms with Crippen molar-refractivity contribution in [2.24, 2.45) is 0 Å². The first-order valence-corrected chi connectivity index (χ1v) is 14.0. The number of ether oxygens (including phenoxy) is 1. The molecule has 2 amide bonds. The van der Waals surface area contributed by atoms with Crippen LogP contribution in [-0.4, -0.2) is 80.9 Å². The van der Waals surface area contributed by atoms with Gasteiger partial charge in [-0.1, -0.05) is 48.0 Å². The van der Waals surface area contributed by atoms with Gasteiger partial charge < -0.3 is 10.1 Å². The fourth-order valence-electron chi connectivity index (χ4n) is 4.64. The van der Waals surface area contributed by atoms with Gasteiger partial charge in [0.15, 0.2) is 0 Å². The number of hydrogen-bond donors (Lipinski definition) is 1. The number of amides is 2. The van der Waals surface area contributed by atoms with Crippen molar-refractivity contribution in [1.82, 2.24) is 19.4 Å². The summed E-state index contributed by atoms with van der Waals surface area (Å²) >= 11 is 6.45. The summed E-state index contributed by atoms with van der Waals surface area (Å²) in [5.41, 5.74) is 1.42. The summed E-state index contributed by atoms with van der Waals surface area (Å²) in [6, 6.07) is 14.3. The molecule has 2 aliphatic rings. The van der Waals surface area contributed by atoms with Gasteiger partial charge in [-0.15, -0.1) is 0 Å². The van der Waals surface area contributed by atoms with Crippen LogP contribution in [0, 0.1) is 0 Å². The normalized spacial score (nSPS) is 19.9. The number of carbonyl (C=O) groups excluding carboxylic acids is 2. The number of urea groups is 1. The Labute approximate surface area is 222 Å². The molecule has 37 heavy (non-hydrogen) atoms. The van der Waals surface area contributed by atoms with Crippen LogP contribution in [0.2, 0.25) is 5.02 Å². The van der Waals surface area contributed by atoms with Gasteiger partial charge >= 0.3 is 12.0 Å². The Hall–Kier alpha value is -2.92. The van der Waals surface area contributed by atoms with Crippen molar-refractivity contribution in [3.8, 4) is 0 Å². The molecule has 11 heteroatoms. The van der Waals surface area contributed by atoms with Crippen LogP contribution in [0.1, 0.15) is 24.9 Å². The van der Waals surface area contributed by atoms with Crippen LogP contribution >= 0.6 is 11.6 Å². The predicted molar refractivity (Wildman–Crippen MR) is 140 cm³/mol. The minimum absolute atomic E-state index is 0.179. The molecule has 0 bridgehead atoms. The minimum atomic E-state index is -3.61. The van der Waals surface area contributed by atoms with Crippen molar-refractivity contribution in [2.75, 3.05) is 46.4 Å². The summed E-state index contributed by atoms with van der Waals surface area (Å²) in [4.78, 5) is 29.9. The third-order valence-corrected chi connectivity index (χ3v) is 8.85. The van der Waals surface area contributed by atoms with Gasteiger partial charge in [-0.25, -0.2) is 18.0 Å². The second-order valence-electron chi connectivity index (χ2n) is 8.89. The Morgan fingerprint density at radius 2 is 1.76 bits per heavy atom. The van der Waals surface area contributed by atoms with E-state index in [0.717, 1.165) is 0 Å². The van der Waals surface area contributed by atoms with Gasteiger partial charge in [-0.2, -0.15) is 4.31 Å². The number of nitrogens with zero attached hydrogens (tertiary/aromatic N) is 3. The minimum Gasteiger partial charge on any atom is -0.463 e. The first-order chi connectivity index (χ1) is 17.7. The topological polar surface area (TPSA) is 99.3 Å². The Balaban J connectivity index is 1.63. The molecule has 1 saturated heterocycles. The first kappa shape index (κ1) is 27.1. The Morgan fingerprint density at radius 3 is 2.46 bits per heavy atom. The highest BCUT2D eigenvalue weighted by atomic mass is 35.5. The molecule has 0 spiro atoms. The van der Waals surface area contributed by atoms with Crippen LogP contribution in [0.4, 0.5) is 4.79 Å². The van der Waals surface area contributed by atoms with E-state index in [0.29, 0.717) is 54.5 Å². The lowest BCUT2D eigenvalue weighted by Crippen LogP contribution is -2.49. The van der Waals surface area contributed by atoms with Gasteiger partial charge in [0, 0.05) is 43.9 Å². The number of carbonyl (C=O) groups is 2. The summed E-state index contributed by atoms with van der Waals surface area (Å²) < 4.78 is 33.2. The SMILES string of the molecule is CCOC(=O)C1=C(CN2CCCN(S(=O)(=O)c3ccccc3)CC2)N(C)C(=O)N[C@@H]1c1ccccc1Cl. The molecule has 2 aliphatic heterocycles. The van der Waals surface area contributed by atoms with E-state index < -0.39 is 22.0 Å². The molecule has 0 aromatic heterocycles. The molecule has 2 aromatic carbocycles. The molecular weight excluding hydrogens is 516 g/mol. The maximum Gasteiger partial charge on any atom is 0.338 e. The number of nitrogens with one attached hydrogen (secondary N) is 1. The fraction of sp³-hybridized carbons (Fsp3) is 0.385. The predicted octanol–water partition coefficient (Wildman–Crippen LogP) is 3.25. The van der Waals surface area contributed by atoms with Gasteiger partial charge in [0.1, 0.15) is 0 Å². The van der Waals surface area contributed by atoms with Crippen LogP contribution in [-0.2, 0) is 19.6 Å². The quantitative estimate of drug-likeness (QED) is 0.535. The van der Waals surface area contributed by atoms with Crippen LogP contribution in [0.15, 0.2) is 70.8 Å². The zero-order valence-electron chi connectivity index (χ0n) is 20.9. The van der Waals surface area contributed by atoms with E-state index in [1.807, 2.05) is 0 Å². The number of halogens is 1. The van der Waals surface area contributed by atoms with Crippen molar-refractivity contribution < 1.29 is 22.7 Å². The summed E-state index contributed by atoms with van der Waals surface area (Å²) in [6.45, 7) is 3.91. The third-order valence-electron chi connectivity index (χ3n) is 6.59. The largest absolute Gasteiger partial charge is 0.463 e. The number of hydrogen-bond acceptors (Lipinski definition) is 6. The van der Waals surface area contributed by atoms with Gasteiger partial charge in [-0.3, -0.25) is 9.80 Å². The fourth-order valence-corrected chi connectivity index (χ4v) is 6.38. The second-order valence-corrected chi connectivity index (χ2v) is 11.2. The molecule has 2 heterocycles. The van der Waals surface area contributed by atoms with E-state index in [-0.39, 0.29) is 24.1 Å². The molecule has 9 nitrogen and oxygen atoms in total. The van der Waals surface area contributed by atoms with Crippen molar-refractivity contribution in [1.29, 1.82) is 0 Å². The number of benzene rings is 2. The lowest BCUT2D eigenvalue weighted by Gasteiger charge is -2.36. The van der Waals surface area contributed by atoms with E-state index in [2.05, 4.69) is 10.2 Å². The molecule has 0 radical (unpaired) electrons. The Morgan fingerprint density at radius 1 is 1.05 bits per heavy atom. The summed E-state index contributed by atoms with van der Waals surface area (Å²) in [7, 11) is -2.00. The van der Waals surface area contributed by atoms with E-state index in [4.69, 9.17) is 16.3 Å². The highest BCUT2D eigenvalue weighted by Crippen LogP contribution is 2.35. The average molecular weight is 547 g/mol. The van der Waals surface area contributed by atoms with E-state index in [1.165, 1.54) is 9.21 Å². The van der Waals surface area contributed by atoms with Gasteiger partial charge in [-0.05, 0) is 43.7 Å². The lowest BCUT2D eigenvalue weighted by atomic mass is 9.94. The maximum atomic E-state index is 13.2. The summed E-state index contributed by atoms with van der Waals surface area (Å²) in [5.74, 6) is -0.530. The summed E-state index contributed by atoms with van der Waals surface area (Å²) in [6.07, 6.45) is 0.609. The van der Waals surface area contributed by atoms with E-state index in [1.54, 1.807) is 68.6 Å². The number of esters is 1. The highest BCUT2D eigenvalue weighted by Gasteiger charge is 2.38. The highest BCUT2D eigenvalue weighted by molar-refractivity contribution is 7.89. The zero-order chi connectivity index (χ0) is 26.6. The van der Waals surface area contributed by atoms with Crippen molar-refractivity contribution >= 4 is 33.6 Å². The molecule has 4 rings (SSSR count). The molecule has 2 aromatic rings. The van der Waals surface area contributed by atoms with Crippen LogP contribution in [0.3, 0.4) is 0 Å². The zero-order valence-corrected chi connectivity index (χ0v) is 22.5. The van der Waals surface area contributed by atoms with Crippen molar-refractivity contribution in [3.05, 3.63) is 76.5 Å². The Bertz CT molecular complexity index is 1280. The first-order valence-electron chi connectivity index (χ1n) is 12.2. The monoisotopic (exact) mass is 546 g/mol. The molecule has 1 atom stereocenters. The summed E-state index contributed by atoms with van der Waals surface area (Å²) in [5, 5.41) is 3.30. The molecule has 0 unspecified atom stereocenters. The third kappa shape index (κ3) is 5.82. The lowest BCUT2D eigenvalue weighted by molar-refractivity contribution is -0.139. The average Bonchev–Trinajstić information content (AvgIpc) is 3.14. The van der Waals surface area contributed by atoms with E-state index in [9.17, 15) is 18.0 Å². The smallest absolute Gasteiger partial charge is 0.338 e. The van der Waals surface area contributed by atoms with Gasteiger partial charge in [0.05, 0.1) is 23.1 Å². The second kappa shape index (κ2) is 11.6. The Kier molecular flexibility index (Phi) is 8.53. The number of rotatable bonds is 7. The van der Waals surface area contributed by atoms with Crippen molar-refractivity contribution in [3.63, 3.8) is 0 Å². The number of sulfonamides is 1. The molecule has 1 fully saturated rings. The molecule has 1 N–H and O–H groups in total. The van der Waals surface area contributed by atoms with E-state index >= 15 is 0 Å². The van der Waals surface area contributed by atoms with Gasteiger partial charge in [0.25, 0.3) is 0 Å². The van der Waals surface area contributed by atoms with Crippen LogP contribution in [0.25, 0.3) is 0 Å². The van der Waals surface area contributed by atoms with Crippen molar-refractivity contribution in [2.45, 2.75) is 24.3 Å². The molecule has 198 valence electrons. The number of likely N-dealkylation sites (N-methyl/N-ethyl adjacent to an activating group) is 1.